The van der Waals surface area contributed by atoms with Gasteiger partial charge in [-0.25, -0.2) is 0 Å². The standard InChI is InChI=1S/C30H33NO/c32-30(29-20-10-11-21-29,28-18-8-3-9-19-28)22-12-13-23-31(24-26-14-4-1-5-15-26)25-27-16-6-2-7-17-27/h1-9,14-19,29,32H,10-11,20-25H2/t30-/m0/s1. The zero-order valence-corrected chi connectivity index (χ0v) is 18.8. The van der Waals surface area contributed by atoms with Crippen LogP contribution in [0.25, 0.3) is 0 Å². The lowest BCUT2D eigenvalue weighted by molar-refractivity contribution is -0.0173. The van der Waals surface area contributed by atoms with Crippen molar-refractivity contribution in [3.8, 4) is 11.8 Å². The molecule has 0 aromatic heterocycles. The van der Waals surface area contributed by atoms with Crippen molar-refractivity contribution < 1.29 is 5.11 Å². The Balaban J connectivity index is 1.47. The minimum Gasteiger partial charge on any atom is -0.384 e. The van der Waals surface area contributed by atoms with E-state index in [1.54, 1.807) is 0 Å². The molecule has 2 nitrogen and oxygen atoms in total. The quantitative estimate of drug-likeness (QED) is 0.439. The highest BCUT2D eigenvalue weighted by molar-refractivity contribution is 5.26. The van der Waals surface area contributed by atoms with Gasteiger partial charge in [0.2, 0.25) is 0 Å². The Morgan fingerprint density at radius 2 is 1.22 bits per heavy atom. The van der Waals surface area contributed by atoms with Crippen molar-refractivity contribution in [2.24, 2.45) is 5.92 Å². The molecule has 1 N–H and O–H groups in total. The first-order valence-electron chi connectivity index (χ1n) is 11.8. The molecule has 0 heterocycles. The average molecular weight is 424 g/mol. The van der Waals surface area contributed by atoms with E-state index < -0.39 is 5.60 Å². The number of hydrogen-bond donors (Lipinski definition) is 1. The van der Waals surface area contributed by atoms with E-state index in [9.17, 15) is 5.11 Å². The zero-order chi connectivity index (χ0) is 22.1. The van der Waals surface area contributed by atoms with Crippen LogP contribution in [-0.2, 0) is 18.7 Å². The molecule has 0 unspecified atom stereocenters. The molecule has 0 saturated heterocycles. The lowest BCUT2D eigenvalue weighted by Gasteiger charge is -2.33. The Labute approximate surface area is 192 Å². The molecule has 164 valence electrons. The molecule has 0 bridgehead atoms. The second-order valence-corrected chi connectivity index (χ2v) is 8.92. The van der Waals surface area contributed by atoms with Gasteiger partial charge in [-0.15, -0.1) is 0 Å². The fraction of sp³-hybridized carbons (Fsp3) is 0.333. The second kappa shape index (κ2) is 11.1. The Morgan fingerprint density at radius 1 is 0.719 bits per heavy atom. The molecule has 1 fully saturated rings. The summed E-state index contributed by atoms with van der Waals surface area (Å²) in [6.07, 6.45) is 5.07. The predicted octanol–water partition coefficient (Wildman–Crippen LogP) is 6.16. The molecule has 0 amide bonds. The van der Waals surface area contributed by atoms with Crippen molar-refractivity contribution in [3.63, 3.8) is 0 Å². The van der Waals surface area contributed by atoms with Gasteiger partial charge in [-0.1, -0.05) is 116 Å². The number of nitrogens with zero attached hydrogens (tertiary/aromatic N) is 1. The normalized spacial score (nSPS) is 15.8. The molecule has 1 aliphatic carbocycles. The van der Waals surface area contributed by atoms with E-state index in [4.69, 9.17) is 0 Å². The first kappa shape index (κ1) is 22.3. The summed E-state index contributed by atoms with van der Waals surface area (Å²) < 4.78 is 0. The predicted molar refractivity (Wildman–Crippen MR) is 132 cm³/mol. The molecule has 4 rings (SSSR count). The van der Waals surface area contributed by atoms with Crippen LogP contribution in [0, 0.1) is 17.8 Å². The van der Waals surface area contributed by atoms with Crippen LogP contribution in [0.3, 0.4) is 0 Å². The highest BCUT2D eigenvalue weighted by Gasteiger charge is 2.39. The summed E-state index contributed by atoms with van der Waals surface area (Å²) in [5, 5.41) is 11.7. The van der Waals surface area contributed by atoms with E-state index in [0.717, 1.165) is 31.5 Å². The van der Waals surface area contributed by atoms with Crippen molar-refractivity contribution in [2.45, 2.75) is 50.8 Å². The Morgan fingerprint density at radius 3 is 1.75 bits per heavy atom. The molecular weight excluding hydrogens is 390 g/mol. The Kier molecular flexibility index (Phi) is 7.77. The Hall–Kier alpha value is -2.86. The van der Waals surface area contributed by atoms with Gasteiger partial charge in [0.15, 0.2) is 0 Å². The van der Waals surface area contributed by atoms with Crippen LogP contribution in [0.2, 0.25) is 0 Å². The summed E-state index contributed by atoms with van der Waals surface area (Å²) in [6, 6.07) is 31.3. The topological polar surface area (TPSA) is 23.5 Å². The lowest BCUT2D eigenvalue weighted by atomic mass is 9.78. The van der Waals surface area contributed by atoms with Crippen LogP contribution in [0.15, 0.2) is 91.0 Å². The summed E-state index contributed by atoms with van der Waals surface area (Å²) in [4.78, 5) is 2.37. The molecule has 1 aliphatic rings. The van der Waals surface area contributed by atoms with E-state index in [1.807, 2.05) is 18.2 Å². The van der Waals surface area contributed by atoms with Gasteiger partial charge in [0.05, 0.1) is 6.54 Å². The van der Waals surface area contributed by atoms with Gasteiger partial charge in [-0.05, 0) is 35.4 Å². The minimum absolute atomic E-state index is 0.295. The molecule has 1 saturated carbocycles. The van der Waals surface area contributed by atoms with Crippen LogP contribution in [-0.4, -0.2) is 16.6 Å². The minimum atomic E-state index is -0.853. The van der Waals surface area contributed by atoms with E-state index in [2.05, 4.69) is 89.5 Å². The van der Waals surface area contributed by atoms with Crippen molar-refractivity contribution >= 4 is 0 Å². The van der Waals surface area contributed by atoms with Gasteiger partial charge in [-0.3, -0.25) is 4.90 Å². The molecule has 3 aromatic rings. The van der Waals surface area contributed by atoms with Crippen LogP contribution in [0.5, 0.6) is 0 Å². The average Bonchev–Trinajstić information content (AvgIpc) is 3.39. The molecule has 0 spiro atoms. The molecule has 3 aromatic carbocycles. The maximum absolute atomic E-state index is 11.7. The summed E-state index contributed by atoms with van der Waals surface area (Å²) in [6.45, 7) is 2.39. The largest absolute Gasteiger partial charge is 0.384 e. The van der Waals surface area contributed by atoms with E-state index in [1.165, 1.54) is 24.0 Å². The smallest absolute Gasteiger partial charge is 0.103 e. The van der Waals surface area contributed by atoms with Crippen LogP contribution in [0.4, 0.5) is 0 Å². The number of rotatable bonds is 8. The van der Waals surface area contributed by atoms with Crippen molar-refractivity contribution in [1.82, 2.24) is 4.90 Å². The highest BCUT2D eigenvalue weighted by atomic mass is 16.3. The molecule has 0 radical (unpaired) electrons. The number of hydrogen-bond acceptors (Lipinski definition) is 2. The fourth-order valence-corrected chi connectivity index (χ4v) is 4.83. The first-order chi connectivity index (χ1) is 15.7. The maximum atomic E-state index is 11.7. The molecular formula is C30H33NO. The van der Waals surface area contributed by atoms with Crippen LogP contribution < -0.4 is 0 Å². The lowest BCUT2D eigenvalue weighted by Crippen LogP contribution is -2.33. The van der Waals surface area contributed by atoms with Crippen molar-refractivity contribution in [2.75, 3.05) is 6.54 Å². The van der Waals surface area contributed by atoms with E-state index >= 15 is 0 Å². The SMILES string of the molecule is O[C@@](CC#CCN(Cc1ccccc1)Cc1ccccc1)(c1ccccc1)C1CCCC1. The zero-order valence-electron chi connectivity index (χ0n) is 18.8. The molecule has 1 atom stereocenters. The van der Waals surface area contributed by atoms with Gasteiger partial charge >= 0.3 is 0 Å². The number of aliphatic hydroxyl groups is 1. The molecule has 0 aliphatic heterocycles. The summed E-state index contributed by atoms with van der Waals surface area (Å²) in [5.74, 6) is 7.05. The van der Waals surface area contributed by atoms with Gasteiger partial charge in [0.1, 0.15) is 5.60 Å². The second-order valence-electron chi connectivity index (χ2n) is 8.92. The fourth-order valence-electron chi connectivity index (χ4n) is 4.83. The summed E-state index contributed by atoms with van der Waals surface area (Å²) in [7, 11) is 0. The van der Waals surface area contributed by atoms with Gasteiger partial charge in [0, 0.05) is 19.5 Å². The third-order valence-electron chi connectivity index (χ3n) is 6.59. The third kappa shape index (κ3) is 5.88. The van der Waals surface area contributed by atoms with Gasteiger partial charge in [-0.2, -0.15) is 0 Å². The van der Waals surface area contributed by atoms with Crippen LogP contribution in [0.1, 0.15) is 48.8 Å². The summed E-state index contributed by atoms with van der Waals surface area (Å²) >= 11 is 0. The Bertz CT molecular complexity index is 959. The summed E-state index contributed by atoms with van der Waals surface area (Å²) in [5.41, 5.74) is 2.73. The molecule has 2 heteroatoms. The first-order valence-corrected chi connectivity index (χ1v) is 11.8. The maximum Gasteiger partial charge on any atom is 0.103 e. The third-order valence-corrected chi connectivity index (χ3v) is 6.59. The van der Waals surface area contributed by atoms with Crippen molar-refractivity contribution in [1.29, 1.82) is 0 Å². The number of benzene rings is 3. The highest BCUT2D eigenvalue weighted by Crippen LogP contribution is 2.42. The van der Waals surface area contributed by atoms with Crippen molar-refractivity contribution in [3.05, 3.63) is 108 Å². The monoisotopic (exact) mass is 423 g/mol. The van der Waals surface area contributed by atoms with Gasteiger partial charge < -0.3 is 5.11 Å². The van der Waals surface area contributed by atoms with Gasteiger partial charge in [0.25, 0.3) is 0 Å². The van der Waals surface area contributed by atoms with E-state index in [0.29, 0.717) is 18.9 Å². The molecule has 32 heavy (non-hydrogen) atoms. The van der Waals surface area contributed by atoms with Crippen LogP contribution >= 0.6 is 0 Å². The van der Waals surface area contributed by atoms with E-state index in [-0.39, 0.29) is 0 Å².